The van der Waals surface area contributed by atoms with Gasteiger partial charge in [-0.05, 0) is 25.0 Å². The van der Waals surface area contributed by atoms with Gasteiger partial charge in [0.1, 0.15) is 10.6 Å². The third-order valence-electron chi connectivity index (χ3n) is 6.72. The number of anilines is 1. The smallest absolute Gasteiger partial charge is 0.347 e. The molecule has 9 nitrogen and oxygen atoms in total. The molecule has 1 saturated heterocycles. The van der Waals surface area contributed by atoms with Crippen molar-refractivity contribution in [1.82, 2.24) is 15.3 Å². The van der Waals surface area contributed by atoms with E-state index in [0.29, 0.717) is 45.8 Å². The maximum Gasteiger partial charge on any atom is 0.347 e. The predicted octanol–water partition coefficient (Wildman–Crippen LogP) is 4.17. The summed E-state index contributed by atoms with van der Waals surface area (Å²) in [5.41, 5.74) is 1.79. The van der Waals surface area contributed by atoms with E-state index in [4.69, 9.17) is 27.9 Å². The molecule has 2 aliphatic rings. The number of carboxylic acid groups (broad SMARTS) is 1. The Kier molecular flexibility index (Phi) is 6.22. The molecule has 0 radical (unpaired) electrons. The molecular formula is C24H22Cl2N4O5S. The molecule has 12 heteroatoms. The van der Waals surface area contributed by atoms with Crippen LogP contribution in [0.15, 0.2) is 24.3 Å². The predicted molar refractivity (Wildman–Crippen MR) is 136 cm³/mol. The zero-order valence-electron chi connectivity index (χ0n) is 19.4. The van der Waals surface area contributed by atoms with Crippen LogP contribution in [0.2, 0.25) is 10.0 Å². The van der Waals surface area contributed by atoms with Crippen molar-refractivity contribution in [1.29, 1.82) is 0 Å². The minimum Gasteiger partial charge on any atom is -0.477 e. The average Bonchev–Trinajstić information content (AvgIpc) is 3.13. The summed E-state index contributed by atoms with van der Waals surface area (Å²) in [4.78, 5) is 46.7. The van der Waals surface area contributed by atoms with Crippen molar-refractivity contribution in [2.75, 3.05) is 25.1 Å². The number of piperidine rings is 1. The molecule has 2 aromatic heterocycles. The lowest BCUT2D eigenvalue weighted by Crippen LogP contribution is -2.42. The summed E-state index contributed by atoms with van der Waals surface area (Å²) in [6, 6.07) is 6.90. The van der Waals surface area contributed by atoms with E-state index >= 15 is 0 Å². The number of hydrogen-bond acceptors (Lipinski definition) is 7. The van der Waals surface area contributed by atoms with Gasteiger partial charge in [0, 0.05) is 31.1 Å². The number of amides is 1. The molecule has 3 N–H and O–H groups in total. The Morgan fingerprint density at radius 3 is 2.72 bits per heavy atom. The second-order valence-electron chi connectivity index (χ2n) is 9.05. The van der Waals surface area contributed by atoms with E-state index in [1.807, 2.05) is 4.90 Å². The monoisotopic (exact) mass is 548 g/mol. The molecule has 188 valence electrons. The van der Waals surface area contributed by atoms with Crippen LogP contribution in [0.5, 0.6) is 0 Å². The number of nitrogens with zero attached hydrogens (tertiary/aromatic N) is 2. The zero-order valence-corrected chi connectivity index (χ0v) is 21.7. The van der Waals surface area contributed by atoms with Gasteiger partial charge in [-0.3, -0.25) is 4.79 Å². The zero-order chi connectivity index (χ0) is 25.8. The van der Waals surface area contributed by atoms with E-state index in [1.54, 1.807) is 31.2 Å². The largest absolute Gasteiger partial charge is 0.477 e. The first-order valence-corrected chi connectivity index (χ1v) is 12.7. The normalized spacial score (nSPS) is 20.2. The summed E-state index contributed by atoms with van der Waals surface area (Å²) in [5, 5.41) is 14.0. The summed E-state index contributed by atoms with van der Waals surface area (Å²) in [6.45, 7) is 2.88. The topological polar surface area (TPSA) is 125 Å². The fraction of sp³-hybridized carbons (Fsp3) is 0.333. The van der Waals surface area contributed by atoms with Gasteiger partial charge >= 0.3 is 11.9 Å². The summed E-state index contributed by atoms with van der Waals surface area (Å²) >= 11 is 13.4. The van der Waals surface area contributed by atoms with Crippen molar-refractivity contribution < 1.29 is 24.2 Å². The molecule has 2 fully saturated rings. The molecule has 1 saturated carbocycles. The van der Waals surface area contributed by atoms with Gasteiger partial charge in [0.2, 0.25) is 0 Å². The van der Waals surface area contributed by atoms with Crippen molar-refractivity contribution in [3.63, 3.8) is 0 Å². The lowest BCUT2D eigenvalue weighted by Gasteiger charge is -2.21. The Bertz CT molecular complexity index is 1400. The first kappa shape index (κ1) is 24.6. The number of halogens is 2. The standard InChI is InChI=1S/C24H22Cl2N4O5S/c1-11-16(25)17(26)18(27-11)20(31)29-24-8-13(24)9-30(10-24)23-28-15(19(36-23)21(32)33)7-12-5-3-4-6-14(12)22(34)35-2/h3-6,13,27H,7-10H2,1-2H3,(H,29,31)(H,32,33)/t13-,24-/m0/s1. The van der Waals surface area contributed by atoms with Crippen molar-refractivity contribution in [2.45, 2.75) is 25.3 Å². The minimum absolute atomic E-state index is 0.117. The Balaban J connectivity index is 1.35. The number of carboxylic acids is 1. The Morgan fingerprint density at radius 2 is 2.06 bits per heavy atom. The van der Waals surface area contributed by atoms with Crippen LogP contribution in [0.25, 0.3) is 0 Å². The molecule has 5 rings (SSSR count). The van der Waals surface area contributed by atoms with Gasteiger partial charge in [-0.2, -0.15) is 0 Å². The number of thiazole rings is 1. The number of fused-ring (bicyclic) bond motifs is 1. The number of nitrogens with one attached hydrogen (secondary N) is 2. The van der Waals surface area contributed by atoms with Gasteiger partial charge in [0.05, 0.1) is 34.0 Å². The molecule has 1 aliphatic heterocycles. The van der Waals surface area contributed by atoms with E-state index < -0.39 is 17.5 Å². The molecule has 3 heterocycles. The maximum atomic E-state index is 12.9. The van der Waals surface area contributed by atoms with Crippen LogP contribution >= 0.6 is 34.5 Å². The van der Waals surface area contributed by atoms with E-state index in [1.165, 1.54) is 7.11 Å². The number of carbonyl (C=O) groups is 3. The summed E-state index contributed by atoms with van der Waals surface area (Å²) in [7, 11) is 1.30. The molecule has 0 bridgehead atoms. The summed E-state index contributed by atoms with van der Waals surface area (Å²) in [5.74, 6) is -1.68. The van der Waals surface area contributed by atoms with E-state index in [-0.39, 0.29) is 33.8 Å². The number of esters is 1. The fourth-order valence-corrected chi connectivity index (χ4v) is 6.11. The average molecular weight is 549 g/mol. The van der Waals surface area contributed by atoms with Crippen LogP contribution in [0.4, 0.5) is 5.13 Å². The van der Waals surface area contributed by atoms with Crippen molar-refractivity contribution >= 4 is 57.5 Å². The van der Waals surface area contributed by atoms with Crippen molar-refractivity contribution in [3.8, 4) is 0 Å². The number of benzene rings is 1. The number of ether oxygens (including phenoxy) is 1. The second-order valence-corrected chi connectivity index (χ2v) is 10.8. The van der Waals surface area contributed by atoms with Gasteiger partial charge < -0.3 is 25.0 Å². The first-order chi connectivity index (χ1) is 17.1. The van der Waals surface area contributed by atoms with Gasteiger partial charge in [0.25, 0.3) is 5.91 Å². The molecule has 1 aromatic carbocycles. The summed E-state index contributed by atoms with van der Waals surface area (Å²) in [6.07, 6.45) is 0.991. The third kappa shape index (κ3) is 4.23. The Hall–Kier alpha value is -3.08. The number of rotatable bonds is 7. The van der Waals surface area contributed by atoms with Crippen LogP contribution < -0.4 is 10.2 Å². The molecular weight excluding hydrogens is 527 g/mol. The second kappa shape index (κ2) is 9.10. The van der Waals surface area contributed by atoms with Gasteiger partial charge in [0.15, 0.2) is 5.13 Å². The number of aromatic amines is 1. The van der Waals surface area contributed by atoms with Crippen LogP contribution in [0.3, 0.4) is 0 Å². The Labute approximate surface area is 220 Å². The van der Waals surface area contributed by atoms with E-state index in [2.05, 4.69) is 15.3 Å². The van der Waals surface area contributed by atoms with Gasteiger partial charge in [-0.1, -0.05) is 52.7 Å². The molecule has 3 aromatic rings. The van der Waals surface area contributed by atoms with E-state index in [9.17, 15) is 19.5 Å². The van der Waals surface area contributed by atoms with Crippen molar-refractivity contribution in [2.24, 2.45) is 5.92 Å². The molecule has 0 unspecified atom stereocenters. The number of carbonyl (C=O) groups excluding carboxylic acids is 2. The highest BCUT2D eigenvalue weighted by Gasteiger charge is 2.61. The molecule has 2 atom stereocenters. The first-order valence-electron chi connectivity index (χ1n) is 11.1. The van der Waals surface area contributed by atoms with Crippen LogP contribution in [0.1, 0.15) is 53.9 Å². The molecule has 36 heavy (non-hydrogen) atoms. The number of methoxy groups -OCH3 is 1. The van der Waals surface area contributed by atoms with E-state index in [0.717, 1.165) is 17.8 Å². The molecule has 1 amide bonds. The number of H-pyrrole nitrogens is 1. The highest BCUT2D eigenvalue weighted by molar-refractivity contribution is 7.17. The number of aromatic carboxylic acids is 1. The van der Waals surface area contributed by atoms with Crippen LogP contribution in [-0.2, 0) is 11.2 Å². The minimum atomic E-state index is -1.08. The lowest BCUT2D eigenvalue weighted by molar-refractivity contribution is 0.0598. The van der Waals surface area contributed by atoms with Crippen molar-refractivity contribution in [3.05, 3.63) is 67.4 Å². The molecule has 0 spiro atoms. The highest BCUT2D eigenvalue weighted by Crippen LogP contribution is 2.51. The maximum absolute atomic E-state index is 12.9. The highest BCUT2D eigenvalue weighted by atomic mass is 35.5. The lowest BCUT2D eigenvalue weighted by atomic mass is 10.0. The molecule has 1 aliphatic carbocycles. The van der Waals surface area contributed by atoms with Crippen LogP contribution in [0, 0.1) is 12.8 Å². The number of hydrogen-bond donors (Lipinski definition) is 3. The third-order valence-corrected chi connectivity index (χ3v) is 8.81. The van der Waals surface area contributed by atoms with Gasteiger partial charge in [-0.15, -0.1) is 0 Å². The fourth-order valence-electron chi connectivity index (χ4n) is 4.77. The number of aryl methyl sites for hydroxylation is 1. The quantitative estimate of drug-likeness (QED) is 0.378. The Morgan fingerprint density at radius 1 is 1.31 bits per heavy atom. The van der Waals surface area contributed by atoms with Crippen LogP contribution in [-0.4, -0.2) is 58.7 Å². The number of aromatic nitrogens is 2. The van der Waals surface area contributed by atoms with Gasteiger partial charge in [-0.25, -0.2) is 14.6 Å². The summed E-state index contributed by atoms with van der Waals surface area (Å²) < 4.78 is 4.85. The SMILES string of the molecule is COC(=O)c1ccccc1Cc1nc(N2C[C@@H]3C[C@]3(NC(=O)c3[nH]c(C)c(Cl)c3Cl)C2)sc1C(=O)O.